The maximum absolute atomic E-state index is 2.26. The number of unbranched alkanes of at least 4 members (excludes halogenated alkanes) is 3. The highest BCUT2D eigenvalue weighted by molar-refractivity contribution is 7.99. The van der Waals surface area contributed by atoms with Crippen molar-refractivity contribution in [3.63, 3.8) is 0 Å². The molecular formula is C11H22S. The first-order valence-corrected chi connectivity index (χ1v) is 6.26. The van der Waals surface area contributed by atoms with Gasteiger partial charge in [-0.2, -0.15) is 11.8 Å². The average Bonchev–Trinajstić information content (AvgIpc) is 2.10. The van der Waals surface area contributed by atoms with Crippen LogP contribution in [0.15, 0.2) is 12.2 Å². The molecule has 0 atom stereocenters. The third-order valence-corrected chi connectivity index (χ3v) is 3.02. The van der Waals surface area contributed by atoms with Gasteiger partial charge in [-0.25, -0.2) is 0 Å². The van der Waals surface area contributed by atoms with Crippen LogP contribution in [0.5, 0.6) is 0 Å². The standard InChI is InChI=1S/C11H22S/c1-3-5-6-7-8-9-11-12-10-4-2/h3,5H,4,6-11H2,1-2H3. The van der Waals surface area contributed by atoms with Crippen molar-refractivity contribution in [3.05, 3.63) is 12.2 Å². The number of allylic oxidation sites excluding steroid dienone is 2. The van der Waals surface area contributed by atoms with E-state index in [9.17, 15) is 0 Å². The third-order valence-electron chi connectivity index (χ3n) is 1.74. The van der Waals surface area contributed by atoms with Gasteiger partial charge in [0.05, 0.1) is 0 Å². The summed E-state index contributed by atoms with van der Waals surface area (Å²) in [7, 11) is 0. The lowest BCUT2D eigenvalue weighted by molar-refractivity contribution is 0.734. The van der Waals surface area contributed by atoms with Crippen molar-refractivity contribution in [1.29, 1.82) is 0 Å². The second-order valence-electron chi connectivity index (χ2n) is 3.03. The van der Waals surface area contributed by atoms with E-state index in [1.54, 1.807) is 0 Å². The second-order valence-corrected chi connectivity index (χ2v) is 4.26. The number of rotatable bonds is 8. The van der Waals surface area contributed by atoms with Crippen molar-refractivity contribution in [3.8, 4) is 0 Å². The van der Waals surface area contributed by atoms with Crippen molar-refractivity contribution in [2.45, 2.75) is 46.0 Å². The van der Waals surface area contributed by atoms with E-state index in [1.807, 2.05) is 0 Å². The van der Waals surface area contributed by atoms with Gasteiger partial charge in [0.25, 0.3) is 0 Å². The third kappa shape index (κ3) is 10.1. The molecule has 0 amide bonds. The van der Waals surface area contributed by atoms with Crippen molar-refractivity contribution < 1.29 is 0 Å². The van der Waals surface area contributed by atoms with Crippen LogP contribution in [0.4, 0.5) is 0 Å². The highest BCUT2D eigenvalue weighted by Gasteiger charge is 1.88. The Kier molecular flexibility index (Phi) is 11.2. The highest BCUT2D eigenvalue weighted by Crippen LogP contribution is 2.08. The van der Waals surface area contributed by atoms with Gasteiger partial charge < -0.3 is 0 Å². The summed E-state index contributed by atoms with van der Waals surface area (Å²) in [5.41, 5.74) is 0. The van der Waals surface area contributed by atoms with Crippen molar-refractivity contribution in [2.75, 3.05) is 11.5 Å². The maximum Gasteiger partial charge on any atom is -0.00675 e. The summed E-state index contributed by atoms with van der Waals surface area (Å²) in [6, 6.07) is 0. The Morgan fingerprint density at radius 2 is 1.92 bits per heavy atom. The number of hydrogen-bond acceptors (Lipinski definition) is 1. The van der Waals surface area contributed by atoms with Crippen LogP contribution in [0.25, 0.3) is 0 Å². The molecule has 0 fully saturated rings. The fourth-order valence-electron chi connectivity index (χ4n) is 1.06. The van der Waals surface area contributed by atoms with Crippen molar-refractivity contribution in [2.24, 2.45) is 0 Å². The van der Waals surface area contributed by atoms with E-state index in [4.69, 9.17) is 0 Å². The van der Waals surface area contributed by atoms with Crippen molar-refractivity contribution in [1.82, 2.24) is 0 Å². The predicted molar refractivity (Wildman–Crippen MR) is 60.9 cm³/mol. The molecule has 0 N–H and O–H groups in total. The van der Waals surface area contributed by atoms with Gasteiger partial charge in [0.15, 0.2) is 0 Å². The monoisotopic (exact) mass is 186 g/mol. The summed E-state index contributed by atoms with van der Waals surface area (Å²) in [5.74, 6) is 2.71. The molecule has 0 aromatic carbocycles. The Bertz CT molecular complexity index is 97.2. The molecule has 0 saturated carbocycles. The Morgan fingerprint density at radius 1 is 1.08 bits per heavy atom. The van der Waals surface area contributed by atoms with E-state index in [0.29, 0.717) is 0 Å². The summed E-state index contributed by atoms with van der Waals surface area (Å²) in [5, 5.41) is 0. The Hall–Kier alpha value is 0.0900. The lowest BCUT2D eigenvalue weighted by atomic mass is 10.2. The molecule has 0 aliphatic heterocycles. The first-order valence-electron chi connectivity index (χ1n) is 5.10. The zero-order valence-corrected chi connectivity index (χ0v) is 9.33. The van der Waals surface area contributed by atoms with Crippen LogP contribution in [0, 0.1) is 0 Å². The molecule has 0 aromatic rings. The molecule has 0 aromatic heterocycles. The highest BCUT2D eigenvalue weighted by atomic mass is 32.2. The van der Waals surface area contributed by atoms with E-state index < -0.39 is 0 Å². The van der Waals surface area contributed by atoms with Gasteiger partial charge in [0.2, 0.25) is 0 Å². The molecule has 72 valence electrons. The molecule has 0 bridgehead atoms. The summed E-state index contributed by atoms with van der Waals surface area (Å²) < 4.78 is 0. The molecule has 0 aliphatic carbocycles. The summed E-state index contributed by atoms with van der Waals surface area (Å²) in [4.78, 5) is 0. The second kappa shape index (κ2) is 11.1. The van der Waals surface area contributed by atoms with Gasteiger partial charge in [-0.3, -0.25) is 0 Å². The van der Waals surface area contributed by atoms with Gasteiger partial charge in [-0.05, 0) is 44.1 Å². The minimum Gasteiger partial charge on any atom is -0.162 e. The number of thioether (sulfide) groups is 1. The minimum atomic E-state index is 1.27. The van der Waals surface area contributed by atoms with Gasteiger partial charge in [0, 0.05) is 0 Å². The molecule has 0 heterocycles. The Labute approximate surface area is 81.8 Å². The van der Waals surface area contributed by atoms with E-state index in [1.165, 1.54) is 43.6 Å². The van der Waals surface area contributed by atoms with Gasteiger partial charge >= 0.3 is 0 Å². The zero-order valence-electron chi connectivity index (χ0n) is 8.51. The SMILES string of the molecule is CC=CCCCCCSCCC. The molecule has 0 unspecified atom stereocenters. The molecule has 0 radical (unpaired) electrons. The molecular weight excluding hydrogens is 164 g/mol. The van der Waals surface area contributed by atoms with Crippen LogP contribution >= 0.6 is 11.8 Å². The predicted octanol–water partition coefficient (Wildman–Crippen LogP) is 4.27. The molecule has 0 rings (SSSR count). The van der Waals surface area contributed by atoms with Gasteiger partial charge in [0.1, 0.15) is 0 Å². The van der Waals surface area contributed by atoms with Crippen LogP contribution in [-0.2, 0) is 0 Å². The van der Waals surface area contributed by atoms with Gasteiger partial charge in [-0.15, -0.1) is 0 Å². The lowest BCUT2D eigenvalue weighted by Crippen LogP contribution is -1.82. The van der Waals surface area contributed by atoms with Crippen LogP contribution in [-0.4, -0.2) is 11.5 Å². The zero-order chi connectivity index (χ0) is 9.07. The lowest BCUT2D eigenvalue weighted by Gasteiger charge is -1.98. The fourth-order valence-corrected chi connectivity index (χ4v) is 1.96. The van der Waals surface area contributed by atoms with Crippen LogP contribution in [0.1, 0.15) is 46.0 Å². The molecule has 0 aliphatic rings. The molecule has 1 heteroatoms. The van der Waals surface area contributed by atoms with E-state index in [-0.39, 0.29) is 0 Å². The van der Waals surface area contributed by atoms with Crippen LogP contribution in [0.2, 0.25) is 0 Å². The first kappa shape index (κ1) is 12.1. The number of hydrogen-bond donors (Lipinski definition) is 0. The largest absolute Gasteiger partial charge is 0.162 e. The summed E-state index contributed by atoms with van der Waals surface area (Å²) in [6.07, 6.45) is 11.2. The normalized spacial score (nSPS) is 11.2. The van der Waals surface area contributed by atoms with Crippen molar-refractivity contribution >= 4 is 11.8 Å². The minimum absolute atomic E-state index is 1.27. The van der Waals surface area contributed by atoms with E-state index in [0.717, 1.165) is 0 Å². The molecule has 0 nitrogen and oxygen atoms in total. The first-order chi connectivity index (χ1) is 5.91. The van der Waals surface area contributed by atoms with Crippen LogP contribution in [0.3, 0.4) is 0 Å². The topological polar surface area (TPSA) is 0 Å². The quantitative estimate of drug-likeness (QED) is 0.403. The summed E-state index contributed by atoms with van der Waals surface area (Å²) in [6.45, 7) is 4.34. The smallest absolute Gasteiger partial charge is 0.00675 e. The summed E-state index contributed by atoms with van der Waals surface area (Å²) >= 11 is 2.10. The fraction of sp³-hybridized carbons (Fsp3) is 0.818. The average molecular weight is 186 g/mol. The Morgan fingerprint density at radius 3 is 2.58 bits per heavy atom. The van der Waals surface area contributed by atoms with Crippen LogP contribution < -0.4 is 0 Å². The van der Waals surface area contributed by atoms with E-state index >= 15 is 0 Å². The van der Waals surface area contributed by atoms with Gasteiger partial charge in [-0.1, -0.05) is 25.5 Å². The molecule has 12 heavy (non-hydrogen) atoms. The van der Waals surface area contributed by atoms with E-state index in [2.05, 4.69) is 37.8 Å². The molecule has 0 saturated heterocycles. The maximum atomic E-state index is 2.26. The Balaban J connectivity index is 2.81. The molecule has 0 spiro atoms.